The summed E-state index contributed by atoms with van der Waals surface area (Å²) in [5.74, 6) is 0.259. The first-order valence-electron chi connectivity index (χ1n) is 8.58. The van der Waals surface area contributed by atoms with Crippen LogP contribution in [0.15, 0.2) is 30.3 Å². The molecular formula is C20H20ClNO5. The van der Waals surface area contributed by atoms with Crippen molar-refractivity contribution in [1.29, 1.82) is 0 Å². The van der Waals surface area contributed by atoms with Gasteiger partial charge in [-0.15, -0.1) is 0 Å². The van der Waals surface area contributed by atoms with Gasteiger partial charge in [-0.05, 0) is 36.2 Å². The van der Waals surface area contributed by atoms with Crippen LogP contribution in [0.5, 0.6) is 11.5 Å². The average Bonchev–Trinajstić information content (AvgIpc) is 2.87. The van der Waals surface area contributed by atoms with Gasteiger partial charge in [-0.3, -0.25) is 4.79 Å². The smallest absolute Gasteiger partial charge is 0.340 e. The Kier molecular flexibility index (Phi) is 5.86. The highest BCUT2D eigenvalue weighted by Gasteiger charge is 2.18. The number of halogens is 1. The fourth-order valence-corrected chi connectivity index (χ4v) is 3.06. The molecule has 6 nitrogen and oxygen atoms in total. The third-order valence-electron chi connectivity index (χ3n) is 4.03. The molecule has 142 valence electrons. The summed E-state index contributed by atoms with van der Waals surface area (Å²) in [7, 11) is 0. The fraction of sp³-hybridized carbons (Fsp3) is 0.300. The number of rotatable bonds is 4. The minimum absolute atomic E-state index is 0.0165. The van der Waals surface area contributed by atoms with Crippen molar-refractivity contribution in [1.82, 2.24) is 0 Å². The van der Waals surface area contributed by atoms with Crippen LogP contribution in [0, 0.1) is 6.92 Å². The summed E-state index contributed by atoms with van der Waals surface area (Å²) in [6.45, 7) is 4.30. The van der Waals surface area contributed by atoms with Gasteiger partial charge in [0.2, 0.25) is 5.91 Å². The predicted molar refractivity (Wildman–Crippen MR) is 102 cm³/mol. The summed E-state index contributed by atoms with van der Waals surface area (Å²) in [6.07, 6.45) is 0.772. The van der Waals surface area contributed by atoms with Crippen LogP contribution in [0.1, 0.15) is 34.8 Å². The number of hydrogen-bond acceptors (Lipinski definition) is 5. The lowest BCUT2D eigenvalue weighted by molar-refractivity contribution is -0.114. The van der Waals surface area contributed by atoms with Gasteiger partial charge in [-0.1, -0.05) is 23.7 Å². The highest BCUT2D eigenvalue weighted by Crippen LogP contribution is 2.38. The van der Waals surface area contributed by atoms with Crippen molar-refractivity contribution in [3.8, 4) is 11.5 Å². The third kappa shape index (κ3) is 4.52. The van der Waals surface area contributed by atoms with Crippen LogP contribution >= 0.6 is 11.6 Å². The van der Waals surface area contributed by atoms with Crippen molar-refractivity contribution in [2.45, 2.75) is 26.9 Å². The molecule has 0 unspecified atom stereocenters. The summed E-state index contributed by atoms with van der Waals surface area (Å²) >= 11 is 6.26. The summed E-state index contributed by atoms with van der Waals surface area (Å²) in [5, 5.41) is 3.09. The van der Waals surface area contributed by atoms with E-state index in [1.807, 2.05) is 13.0 Å². The van der Waals surface area contributed by atoms with Gasteiger partial charge in [0.05, 0.1) is 29.5 Å². The fourth-order valence-electron chi connectivity index (χ4n) is 2.77. The Morgan fingerprint density at radius 1 is 1.22 bits per heavy atom. The van der Waals surface area contributed by atoms with Crippen molar-refractivity contribution >= 4 is 29.2 Å². The molecular weight excluding hydrogens is 370 g/mol. The number of esters is 1. The van der Waals surface area contributed by atoms with Gasteiger partial charge in [-0.25, -0.2) is 4.79 Å². The molecule has 2 aromatic rings. The lowest BCUT2D eigenvalue weighted by atomic mass is 10.1. The maximum Gasteiger partial charge on any atom is 0.340 e. The highest BCUT2D eigenvalue weighted by molar-refractivity contribution is 6.32. The van der Waals surface area contributed by atoms with Gasteiger partial charge in [0.25, 0.3) is 0 Å². The first-order chi connectivity index (χ1) is 13.0. The number of para-hydroxylation sites is 1. The minimum atomic E-state index is -0.536. The zero-order valence-corrected chi connectivity index (χ0v) is 15.9. The molecule has 0 radical (unpaired) electrons. The molecule has 2 aromatic carbocycles. The molecule has 0 atom stereocenters. The first kappa shape index (κ1) is 19.0. The number of carbonyl (C=O) groups is 2. The molecule has 0 spiro atoms. The number of amides is 1. The second kappa shape index (κ2) is 8.31. The predicted octanol–water partition coefficient (Wildman–Crippen LogP) is 4.13. The zero-order valence-electron chi connectivity index (χ0n) is 15.1. The van der Waals surface area contributed by atoms with Gasteiger partial charge < -0.3 is 19.5 Å². The quantitative estimate of drug-likeness (QED) is 0.796. The van der Waals surface area contributed by atoms with Crippen LogP contribution in [0.4, 0.5) is 5.69 Å². The molecule has 3 rings (SSSR count). The first-order valence-corrected chi connectivity index (χ1v) is 8.96. The van der Waals surface area contributed by atoms with E-state index in [-0.39, 0.29) is 12.5 Å². The lowest BCUT2D eigenvalue weighted by Crippen LogP contribution is -2.14. The maximum atomic E-state index is 12.5. The largest absolute Gasteiger partial charge is 0.489 e. The van der Waals surface area contributed by atoms with Crippen LogP contribution in [-0.2, 0) is 16.1 Å². The molecule has 1 aliphatic rings. The van der Waals surface area contributed by atoms with Gasteiger partial charge in [0, 0.05) is 13.3 Å². The number of carbonyl (C=O) groups excluding carboxylic acids is 2. The number of benzene rings is 2. The summed E-state index contributed by atoms with van der Waals surface area (Å²) in [6, 6.07) is 8.60. The van der Waals surface area contributed by atoms with E-state index >= 15 is 0 Å². The highest BCUT2D eigenvalue weighted by atomic mass is 35.5. The lowest BCUT2D eigenvalue weighted by Gasteiger charge is -2.14. The van der Waals surface area contributed by atoms with Crippen LogP contribution < -0.4 is 14.8 Å². The van der Waals surface area contributed by atoms with Crippen LogP contribution in [-0.4, -0.2) is 25.1 Å². The van der Waals surface area contributed by atoms with E-state index in [2.05, 4.69) is 5.32 Å². The zero-order chi connectivity index (χ0) is 19.4. The van der Waals surface area contributed by atoms with E-state index in [1.165, 1.54) is 6.92 Å². The van der Waals surface area contributed by atoms with Crippen LogP contribution in [0.25, 0.3) is 0 Å². The Hall–Kier alpha value is -2.73. The number of hydrogen-bond donors (Lipinski definition) is 1. The van der Waals surface area contributed by atoms with Gasteiger partial charge in [0.15, 0.2) is 11.5 Å². The SMILES string of the molecule is CC(=O)Nc1c(C)cccc1C(=O)OCc1cc(Cl)c2c(c1)OCCCO2. The topological polar surface area (TPSA) is 73.9 Å². The molecule has 0 bridgehead atoms. The van der Waals surface area contributed by atoms with Crippen molar-refractivity contribution in [3.63, 3.8) is 0 Å². The summed E-state index contributed by atoms with van der Waals surface area (Å²) in [5.41, 5.74) is 2.21. The van der Waals surface area contributed by atoms with Gasteiger partial charge >= 0.3 is 5.97 Å². The van der Waals surface area contributed by atoms with Gasteiger partial charge in [-0.2, -0.15) is 0 Å². The van der Waals surface area contributed by atoms with E-state index in [9.17, 15) is 9.59 Å². The van der Waals surface area contributed by atoms with E-state index in [4.69, 9.17) is 25.8 Å². The molecule has 0 aromatic heterocycles. The van der Waals surface area contributed by atoms with Gasteiger partial charge in [0.1, 0.15) is 6.61 Å². The average molecular weight is 390 g/mol. The number of fused-ring (bicyclic) bond motifs is 1. The Morgan fingerprint density at radius 2 is 2.00 bits per heavy atom. The summed E-state index contributed by atoms with van der Waals surface area (Å²) < 4.78 is 16.7. The van der Waals surface area contributed by atoms with E-state index in [1.54, 1.807) is 24.3 Å². The molecule has 0 saturated carbocycles. The minimum Gasteiger partial charge on any atom is -0.489 e. The Labute approximate surface area is 162 Å². The number of ether oxygens (including phenoxy) is 3. The molecule has 27 heavy (non-hydrogen) atoms. The van der Waals surface area contributed by atoms with E-state index in [0.717, 1.165) is 12.0 Å². The maximum absolute atomic E-state index is 12.5. The molecule has 1 N–H and O–H groups in total. The number of nitrogens with one attached hydrogen (secondary N) is 1. The van der Waals surface area contributed by atoms with Crippen LogP contribution in [0.3, 0.4) is 0 Å². The third-order valence-corrected chi connectivity index (χ3v) is 4.31. The Morgan fingerprint density at radius 3 is 2.78 bits per heavy atom. The monoisotopic (exact) mass is 389 g/mol. The molecule has 0 saturated heterocycles. The van der Waals surface area contributed by atoms with Crippen LogP contribution in [0.2, 0.25) is 5.02 Å². The standard InChI is InChI=1S/C20H20ClNO5/c1-12-5-3-6-15(18(12)22-13(2)23)20(24)27-11-14-9-16(21)19-17(10-14)25-7-4-8-26-19/h3,5-6,9-10H,4,7-8,11H2,1-2H3,(H,22,23). The molecule has 0 fully saturated rings. The van der Waals surface area contributed by atoms with Crippen molar-refractivity contribution in [2.24, 2.45) is 0 Å². The van der Waals surface area contributed by atoms with E-state index < -0.39 is 5.97 Å². The molecule has 1 heterocycles. The number of anilines is 1. The van der Waals surface area contributed by atoms with Crippen molar-refractivity contribution in [3.05, 3.63) is 52.0 Å². The van der Waals surface area contributed by atoms with E-state index in [0.29, 0.717) is 46.5 Å². The Bertz CT molecular complexity index is 881. The summed E-state index contributed by atoms with van der Waals surface area (Å²) in [4.78, 5) is 24.0. The van der Waals surface area contributed by atoms with Crippen molar-refractivity contribution in [2.75, 3.05) is 18.5 Å². The molecule has 1 aliphatic heterocycles. The molecule has 7 heteroatoms. The number of aryl methyl sites for hydroxylation is 1. The Balaban J connectivity index is 1.77. The second-order valence-corrected chi connectivity index (χ2v) is 6.62. The molecule has 0 aliphatic carbocycles. The normalized spacial score (nSPS) is 12.9. The van der Waals surface area contributed by atoms with Crippen molar-refractivity contribution < 1.29 is 23.8 Å². The molecule has 1 amide bonds. The second-order valence-electron chi connectivity index (χ2n) is 6.21.